The molecule has 152 valence electrons. The predicted octanol–water partition coefficient (Wildman–Crippen LogP) is 4.40. The van der Waals surface area contributed by atoms with Crippen LogP contribution < -0.4 is 5.73 Å². The van der Waals surface area contributed by atoms with Crippen LogP contribution >= 0.6 is 0 Å². The van der Waals surface area contributed by atoms with Crippen LogP contribution in [-0.4, -0.2) is 23.8 Å². The molecule has 1 heterocycles. The Morgan fingerprint density at radius 2 is 1.53 bits per heavy atom. The molecule has 0 radical (unpaired) electrons. The average Bonchev–Trinajstić information content (AvgIpc) is 2.99. The molecule has 0 aliphatic carbocycles. The van der Waals surface area contributed by atoms with E-state index in [0.717, 1.165) is 6.07 Å². The van der Waals surface area contributed by atoms with Crippen LogP contribution in [0.2, 0.25) is 0 Å². The second-order valence-corrected chi connectivity index (χ2v) is 7.03. The monoisotopic (exact) mass is 409 g/mol. The van der Waals surface area contributed by atoms with Gasteiger partial charge in [-0.05, 0) is 34.4 Å². The molecular weight excluding hydrogens is 391 g/mol. The fourth-order valence-corrected chi connectivity index (χ4v) is 3.76. The summed E-state index contributed by atoms with van der Waals surface area (Å²) in [4.78, 5) is 19.0. The molecule has 1 unspecified atom stereocenters. The molecular formula is C23H18F3N3O. The van der Waals surface area contributed by atoms with Crippen molar-refractivity contribution in [1.29, 1.82) is 0 Å². The Labute approximate surface area is 171 Å². The van der Waals surface area contributed by atoms with Crippen molar-refractivity contribution in [3.63, 3.8) is 0 Å². The van der Waals surface area contributed by atoms with E-state index in [1.165, 1.54) is 24.1 Å². The largest absolute Gasteiger partial charge is 0.417 e. The van der Waals surface area contributed by atoms with Crippen LogP contribution in [0.25, 0.3) is 11.1 Å². The first-order chi connectivity index (χ1) is 14.2. The van der Waals surface area contributed by atoms with Crippen molar-refractivity contribution in [2.45, 2.75) is 11.7 Å². The number of rotatable bonds is 3. The molecule has 3 aromatic rings. The lowest BCUT2D eigenvalue weighted by Gasteiger charge is -2.26. The number of nitrogens with two attached hydrogens (primary N) is 1. The van der Waals surface area contributed by atoms with Crippen LogP contribution in [0.4, 0.5) is 13.2 Å². The minimum Gasteiger partial charge on any atom is -0.369 e. The molecule has 7 heteroatoms. The lowest BCUT2D eigenvalue weighted by Crippen LogP contribution is -2.41. The smallest absolute Gasteiger partial charge is 0.369 e. The third kappa shape index (κ3) is 3.03. The van der Waals surface area contributed by atoms with Crippen molar-refractivity contribution in [3.05, 3.63) is 95.6 Å². The summed E-state index contributed by atoms with van der Waals surface area (Å²) in [6.45, 7) is 0. The zero-order chi connectivity index (χ0) is 21.5. The number of carbonyl (C=O) groups is 1. The molecule has 0 aromatic heterocycles. The molecule has 0 bridgehead atoms. The van der Waals surface area contributed by atoms with Gasteiger partial charge < -0.3 is 5.73 Å². The number of amides is 1. The summed E-state index contributed by atoms with van der Waals surface area (Å²) in [5.74, 6) is -0.322. The highest BCUT2D eigenvalue weighted by Crippen LogP contribution is 2.42. The quantitative estimate of drug-likeness (QED) is 0.697. The van der Waals surface area contributed by atoms with Crippen molar-refractivity contribution < 1.29 is 18.0 Å². The van der Waals surface area contributed by atoms with Crippen LogP contribution in [0.15, 0.2) is 83.9 Å². The van der Waals surface area contributed by atoms with E-state index in [0.29, 0.717) is 16.7 Å². The van der Waals surface area contributed by atoms with Crippen molar-refractivity contribution in [2.75, 3.05) is 7.05 Å². The topological polar surface area (TPSA) is 58.7 Å². The summed E-state index contributed by atoms with van der Waals surface area (Å²) in [5, 5.41) is 0. The molecule has 1 atom stereocenters. The van der Waals surface area contributed by atoms with E-state index in [-0.39, 0.29) is 17.4 Å². The molecule has 3 aromatic carbocycles. The number of carbonyl (C=O) groups excluding carboxylic acids is 1. The first-order valence-corrected chi connectivity index (χ1v) is 9.21. The number of alkyl halides is 3. The van der Waals surface area contributed by atoms with Crippen molar-refractivity contribution in [1.82, 2.24) is 4.90 Å². The normalized spacial score (nSPS) is 19.1. The first kappa shape index (κ1) is 19.7. The van der Waals surface area contributed by atoms with Gasteiger partial charge in [-0.15, -0.1) is 0 Å². The summed E-state index contributed by atoms with van der Waals surface area (Å²) in [6.07, 6.45) is -4.50. The number of nitrogens with zero attached hydrogens (tertiary/aromatic N) is 2. The second-order valence-electron chi connectivity index (χ2n) is 7.03. The zero-order valence-corrected chi connectivity index (χ0v) is 16.0. The van der Waals surface area contributed by atoms with E-state index < -0.39 is 17.3 Å². The van der Waals surface area contributed by atoms with Gasteiger partial charge in [-0.25, -0.2) is 4.99 Å². The summed E-state index contributed by atoms with van der Waals surface area (Å²) in [7, 11) is 1.52. The van der Waals surface area contributed by atoms with E-state index in [2.05, 4.69) is 4.99 Å². The molecule has 0 fully saturated rings. The van der Waals surface area contributed by atoms with Crippen molar-refractivity contribution in [3.8, 4) is 11.1 Å². The highest BCUT2D eigenvalue weighted by atomic mass is 19.4. The van der Waals surface area contributed by atoms with Gasteiger partial charge >= 0.3 is 6.18 Å². The molecule has 0 saturated carbocycles. The maximum atomic E-state index is 13.5. The van der Waals surface area contributed by atoms with Crippen molar-refractivity contribution in [2.24, 2.45) is 10.7 Å². The third-order valence-corrected chi connectivity index (χ3v) is 5.26. The lowest BCUT2D eigenvalue weighted by molar-refractivity contribution is -0.137. The number of hydrogen-bond donors (Lipinski definition) is 1. The highest BCUT2D eigenvalue weighted by molar-refractivity contribution is 6.09. The number of aliphatic imine (C=N–C) groups is 1. The van der Waals surface area contributed by atoms with Crippen LogP contribution in [0.5, 0.6) is 0 Å². The van der Waals surface area contributed by atoms with Gasteiger partial charge in [-0.2, -0.15) is 13.2 Å². The molecule has 1 aliphatic rings. The summed E-state index contributed by atoms with van der Waals surface area (Å²) >= 11 is 0. The van der Waals surface area contributed by atoms with Gasteiger partial charge in [0.15, 0.2) is 11.5 Å². The maximum Gasteiger partial charge on any atom is 0.417 e. The molecule has 30 heavy (non-hydrogen) atoms. The number of guanidine groups is 1. The van der Waals surface area contributed by atoms with Gasteiger partial charge in [-0.1, -0.05) is 66.7 Å². The molecule has 2 N–H and O–H groups in total. The maximum absolute atomic E-state index is 13.5. The van der Waals surface area contributed by atoms with E-state index in [1.807, 2.05) is 6.07 Å². The standard InChI is InChI=1S/C23H18F3N3O/c1-29-20(30)22(28-21(29)27,16-9-3-2-4-10-16)17-11-7-8-15(14-17)18-12-5-6-13-19(18)23(24,25)26/h2-14H,1H3,(H2,27,28). The Morgan fingerprint density at radius 1 is 0.900 bits per heavy atom. The fraction of sp³-hybridized carbons (Fsp3) is 0.130. The van der Waals surface area contributed by atoms with E-state index in [4.69, 9.17) is 5.73 Å². The summed E-state index contributed by atoms with van der Waals surface area (Å²) in [5.41, 5.74) is 5.16. The molecule has 1 amide bonds. The second kappa shape index (κ2) is 7.02. The van der Waals surface area contributed by atoms with Crippen molar-refractivity contribution >= 4 is 11.9 Å². The fourth-order valence-electron chi connectivity index (χ4n) is 3.76. The molecule has 4 rings (SSSR count). The van der Waals surface area contributed by atoms with Gasteiger partial charge in [0.2, 0.25) is 0 Å². The molecule has 4 nitrogen and oxygen atoms in total. The summed E-state index contributed by atoms with van der Waals surface area (Å²) in [6, 6.07) is 20.7. The minimum absolute atomic E-state index is 0.0332. The summed E-state index contributed by atoms with van der Waals surface area (Å²) < 4.78 is 40.6. The Bertz CT molecular complexity index is 1140. The Balaban J connectivity index is 1.95. The first-order valence-electron chi connectivity index (χ1n) is 9.21. The van der Waals surface area contributed by atoms with E-state index >= 15 is 0 Å². The Kier molecular flexibility index (Phi) is 4.61. The Morgan fingerprint density at radius 3 is 2.17 bits per heavy atom. The van der Waals surface area contributed by atoms with Gasteiger partial charge in [0.05, 0.1) is 5.56 Å². The number of hydrogen-bond acceptors (Lipinski definition) is 3. The van der Waals surface area contributed by atoms with Gasteiger partial charge in [0, 0.05) is 7.05 Å². The molecule has 0 saturated heterocycles. The van der Waals surface area contributed by atoms with Crippen LogP contribution in [0.1, 0.15) is 16.7 Å². The SMILES string of the molecule is CN1C(=O)C(c2ccccc2)(c2cccc(-c3ccccc3C(F)(F)F)c2)N=C1N. The van der Waals surface area contributed by atoms with Gasteiger partial charge in [0.1, 0.15) is 0 Å². The molecule has 1 aliphatic heterocycles. The number of benzene rings is 3. The van der Waals surface area contributed by atoms with Gasteiger partial charge in [0.25, 0.3) is 5.91 Å². The number of likely N-dealkylation sites (N-methyl/N-ethyl adjacent to an activating group) is 1. The minimum atomic E-state index is -4.50. The van der Waals surface area contributed by atoms with Gasteiger partial charge in [-0.3, -0.25) is 9.69 Å². The van der Waals surface area contributed by atoms with Crippen LogP contribution in [0.3, 0.4) is 0 Å². The van der Waals surface area contributed by atoms with E-state index in [9.17, 15) is 18.0 Å². The van der Waals surface area contributed by atoms with E-state index in [1.54, 1.807) is 54.6 Å². The van der Waals surface area contributed by atoms with Crippen LogP contribution in [-0.2, 0) is 16.5 Å². The van der Waals surface area contributed by atoms with Crippen LogP contribution in [0, 0.1) is 0 Å². The Hall–Kier alpha value is -3.61. The number of halogens is 3. The molecule has 0 spiro atoms. The highest BCUT2D eigenvalue weighted by Gasteiger charge is 2.49. The zero-order valence-electron chi connectivity index (χ0n) is 16.0. The predicted molar refractivity (Wildman–Crippen MR) is 108 cm³/mol. The average molecular weight is 409 g/mol. The third-order valence-electron chi connectivity index (χ3n) is 5.26. The lowest BCUT2D eigenvalue weighted by atomic mass is 9.81.